The first kappa shape index (κ1) is 6.98. The highest BCUT2D eigenvalue weighted by Gasteiger charge is 1.92. The second kappa shape index (κ2) is 4.15. The van der Waals surface area contributed by atoms with Gasteiger partial charge in [-0.1, -0.05) is 4.57 Å². The van der Waals surface area contributed by atoms with Gasteiger partial charge in [0, 0.05) is 6.54 Å². The van der Waals surface area contributed by atoms with E-state index in [9.17, 15) is 9.46 Å². The van der Waals surface area contributed by atoms with Crippen molar-refractivity contribution >= 4 is 8.18 Å². The van der Waals surface area contributed by atoms with E-state index in [0.717, 1.165) is 0 Å². The van der Waals surface area contributed by atoms with E-state index in [4.69, 9.17) is 5.73 Å². The average molecular weight is 122 g/mol. The van der Waals surface area contributed by atoms with Gasteiger partial charge in [-0.15, -0.1) is 5.09 Å². The van der Waals surface area contributed by atoms with Crippen molar-refractivity contribution in [3.63, 3.8) is 0 Å². The molecule has 0 saturated carbocycles. The molecule has 0 spiro atoms. The molecular formula is C2H7N2O2P. The fraction of sp³-hybridized carbons (Fsp3) is 1.00. The molecule has 3 N–H and O–H groups in total. The van der Waals surface area contributed by atoms with Crippen molar-refractivity contribution < 1.29 is 9.46 Å². The van der Waals surface area contributed by atoms with Gasteiger partial charge >= 0.3 is 8.18 Å². The molecule has 42 valence electrons. The molecule has 0 aromatic rings. The predicted molar refractivity (Wildman–Crippen MR) is 24.7 cm³/mol. The summed E-state index contributed by atoms with van der Waals surface area (Å²) < 4.78 is 9.63. The maximum absolute atomic E-state index is 9.63. The molecule has 7 heavy (non-hydrogen) atoms. The van der Waals surface area contributed by atoms with Crippen molar-refractivity contribution in [1.82, 2.24) is 5.09 Å². The lowest BCUT2D eigenvalue weighted by atomic mass is 10.7. The summed E-state index contributed by atoms with van der Waals surface area (Å²) in [5.41, 5.74) is 4.95. The molecule has 0 aliphatic carbocycles. The van der Waals surface area contributed by atoms with E-state index in [1.807, 2.05) is 0 Å². The third-order valence-electron chi connectivity index (χ3n) is 0.385. The van der Waals surface area contributed by atoms with Crippen molar-refractivity contribution in [2.75, 3.05) is 13.1 Å². The van der Waals surface area contributed by atoms with Crippen molar-refractivity contribution in [2.24, 2.45) is 5.73 Å². The maximum atomic E-state index is 9.63. The van der Waals surface area contributed by atoms with Gasteiger partial charge in [0.25, 0.3) is 0 Å². The highest BCUT2D eigenvalue weighted by atomic mass is 31.1. The van der Waals surface area contributed by atoms with Gasteiger partial charge in [-0.2, -0.15) is 0 Å². The minimum Gasteiger partial charge on any atom is -0.578 e. The van der Waals surface area contributed by atoms with Gasteiger partial charge < -0.3 is 10.6 Å². The third-order valence-corrected chi connectivity index (χ3v) is 0.867. The number of hydrogen-bond acceptors (Lipinski definition) is 3. The van der Waals surface area contributed by atoms with E-state index >= 15 is 0 Å². The first-order valence-electron chi connectivity index (χ1n) is 1.85. The molecule has 0 bridgehead atoms. The molecule has 0 aromatic carbocycles. The lowest BCUT2D eigenvalue weighted by molar-refractivity contribution is -0.167. The summed E-state index contributed by atoms with van der Waals surface area (Å²) in [6.07, 6.45) is 0. The molecule has 0 aliphatic rings. The monoisotopic (exact) mass is 122 g/mol. The lowest BCUT2D eigenvalue weighted by Crippen LogP contribution is -2.18. The number of nitrogens with two attached hydrogens (primary N) is 1. The van der Waals surface area contributed by atoms with Crippen LogP contribution in [0.15, 0.2) is 0 Å². The Labute approximate surface area is 42.6 Å². The third kappa shape index (κ3) is 5.98. The molecular weight excluding hydrogens is 115 g/mol. The topological polar surface area (TPSA) is 78.2 Å². The maximum Gasteiger partial charge on any atom is 0.408 e. The predicted octanol–water partition coefficient (Wildman–Crippen LogP) is -1.45. The molecule has 0 heterocycles. The second-order valence-electron chi connectivity index (χ2n) is 0.954. The van der Waals surface area contributed by atoms with Crippen LogP contribution < -0.4 is 15.7 Å². The summed E-state index contributed by atoms with van der Waals surface area (Å²) >= 11 is 0. The zero-order valence-corrected chi connectivity index (χ0v) is 4.65. The molecule has 0 aromatic heterocycles. The van der Waals surface area contributed by atoms with Gasteiger partial charge in [-0.3, -0.25) is 0 Å². The summed E-state index contributed by atoms with van der Waals surface area (Å²) in [5, 5.41) is 2.12. The SMILES string of the molecule is NCCN[P+](=O)[O-]. The average Bonchev–Trinajstić information content (AvgIpc) is 1.61. The van der Waals surface area contributed by atoms with Crippen LogP contribution in [0, 0.1) is 0 Å². The van der Waals surface area contributed by atoms with Crippen LogP contribution in [0.1, 0.15) is 0 Å². The molecule has 0 amide bonds. The Balaban J connectivity index is 2.82. The largest absolute Gasteiger partial charge is 0.578 e. The Morgan fingerprint density at radius 2 is 2.43 bits per heavy atom. The summed E-state index contributed by atoms with van der Waals surface area (Å²) in [5.74, 6) is 0. The molecule has 0 aliphatic heterocycles. The molecule has 4 nitrogen and oxygen atoms in total. The number of hydrogen-bond donors (Lipinski definition) is 2. The van der Waals surface area contributed by atoms with E-state index in [-0.39, 0.29) is 0 Å². The van der Waals surface area contributed by atoms with Gasteiger partial charge in [0.15, 0.2) is 0 Å². The van der Waals surface area contributed by atoms with Crippen molar-refractivity contribution in [2.45, 2.75) is 0 Å². The Morgan fingerprint density at radius 3 is 2.57 bits per heavy atom. The van der Waals surface area contributed by atoms with Crippen molar-refractivity contribution in [3.8, 4) is 0 Å². The van der Waals surface area contributed by atoms with E-state index in [1.165, 1.54) is 0 Å². The first-order valence-corrected chi connectivity index (χ1v) is 3.03. The van der Waals surface area contributed by atoms with Crippen LogP contribution in [-0.2, 0) is 4.57 Å². The van der Waals surface area contributed by atoms with Crippen LogP contribution >= 0.6 is 8.18 Å². The minimum absolute atomic E-state index is 0.332. The van der Waals surface area contributed by atoms with E-state index in [1.54, 1.807) is 0 Å². The molecule has 1 atom stereocenters. The van der Waals surface area contributed by atoms with Crippen LogP contribution in [0.2, 0.25) is 0 Å². The molecule has 0 rings (SSSR count). The van der Waals surface area contributed by atoms with E-state index < -0.39 is 8.18 Å². The summed E-state index contributed by atoms with van der Waals surface area (Å²) in [6, 6.07) is 0. The zero-order valence-electron chi connectivity index (χ0n) is 3.76. The quantitative estimate of drug-likeness (QED) is 0.449. The summed E-state index contributed by atoms with van der Waals surface area (Å²) in [4.78, 5) is 9.63. The summed E-state index contributed by atoms with van der Waals surface area (Å²) in [6.45, 7) is 0.683. The number of nitrogens with one attached hydrogen (secondary N) is 1. The second-order valence-corrected chi connectivity index (χ2v) is 1.78. The van der Waals surface area contributed by atoms with E-state index in [0.29, 0.717) is 13.1 Å². The van der Waals surface area contributed by atoms with Gasteiger partial charge in [0.2, 0.25) is 0 Å². The van der Waals surface area contributed by atoms with Crippen LogP contribution in [0.25, 0.3) is 0 Å². The van der Waals surface area contributed by atoms with Gasteiger partial charge in [-0.05, 0) is 0 Å². The summed E-state index contributed by atoms with van der Waals surface area (Å²) in [7, 11) is -2.44. The van der Waals surface area contributed by atoms with E-state index in [2.05, 4.69) is 5.09 Å². The van der Waals surface area contributed by atoms with Crippen molar-refractivity contribution in [1.29, 1.82) is 0 Å². The lowest BCUT2D eigenvalue weighted by Gasteiger charge is -1.86. The van der Waals surface area contributed by atoms with Crippen LogP contribution in [0.3, 0.4) is 0 Å². The first-order chi connectivity index (χ1) is 3.27. The van der Waals surface area contributed by atoms with Crippen molar-refractivity contribution in [3.05, 3.63) is 0 Å². The molecule has 1 unspecified atom stereocenters. The van der Waals surface area contributed by atoms with Gasteiger partial charge in [0.05, 0.1) is 6.54 Å². The molecule has 5 heteroatoms. The normalized spacial score (nSPS) is 11.4. The minimum atomic E-state index is -2.44. The van der Waals surface area contributed by atoms with Gasteiger partial charge in [-0.25, -0.2) is 0 Å². The molecule has 0 saturated heterocycles. The highest BCUT2D eigenvalue weighted by molar-refractivity contribution is 7.33. The smallest absolute Gasteiger partial charge is 0.408 e. The Hall–Kier alpha value is -0.0200. The molecule has 0 fully saturated rings. The van der Waals surface area contributed by atoms with Gasteiger partial charge in [0.1, 0.15) is 0 Å². The van der Waals surface area contributed by atoms with Crippen LogP contribution in [-0.4, -0.2) is 13.1 Å². The molecule has 0 radical (unpaired) electrons. The Morgan fingerprint density at radius 1 is 1.86 bits per heavy atom. The number of rotatable bonds is 3. The Bertz CT molecular complexity index is 66.7. The highest BCUT2D eigenvalue weighted by Crippen LogP contribution is 1.93. The fourth-order valence-electron chi connectivity index (χ4n) is 0.156. The zero-order chi connectivity index (χ0) is 5.70. The standard InChI is InChI=1S/C2H7N2O2P/c3-1-2-4-7(5)6/h1-3H2,(H,4,5,6). The Kier molecular flexibility index (Phi) is 4.14. The fourth-order valence-corrected chi connectivity index (χ4v) is 0.468. The van der Waals surface area contributed by atoms with Crippen LogP contribution in [0.5, 0.6) is 0 Å². The van der Waals surface area contributed by atoms with Crippen LogP contribution in [0.4, 0.5) is 0 Å².